The lowest BCUT2D eigenvalue weighted by atomic mass is 9.95. The summed E-state index contributed by atoms with van der Waals surface area (Å²) in [5, 5.41) is 9.56. The molecule has 2 aliphatic rings. The molecule has 1 atom stereocenters. The van der Waals surface area contributed by atoms with Crippen LogP contribution in [-0.2, 0) is 9.53 Å². The first-order valence-electron chi connectivity index (χ1n) is 8.63. The minimum absolute atomic E-state index is 0. The van der Waals surface area contributed by atoms with Crippen molar-refractivity contribution in [3.05, 3.63) is 0 Å². The third kappa shape index (κ3) is 8.19. The average molecular weight is 438 g/mol. The first-order valence-corrected chi connectivity index (χ1v) is 8.63. The Morgan fingerprint density at radius 3 is 2.57 bits per heavy atom. The number of ether oxygens (including phenoxy) is 1. The minimum atomic E-state index is 0. The summed E-state index contributed by atoms with van der Waals surface area (Å²) < 4.78 is 5.57. The SMILES string of the molecule is CN=C(NCCC(=O)NC1CCCCC1)NCC1CCCO1.I. The van der Waals surface area contributed by atoms with Crippen molar-refractivity contribution in [2.75, 3.05) is 26.7 Å². The van der Waals surface area contributed by atoms with E-state index in [0.29, 0.717) is 19.0 Å². The zero-order valence-electron chi connectivity index (χ0n) is 14.1. The molecule has 1 saturated heterocycles. The summed E-state index contributed by atoms with van der Waals surface area (Å²) in [7, 11) is 1.74. The molecule has 1 heterocycles. The van der Waals surface area contributed by atoms with Crippen LogP contribution in [0.5, 0.6) is 0 Å². The lowest BCUT2D eigenvalue weighted by Crippen LogP contribution is -2.43. The second-order valence-electron chi connectivity index (χ2n) is 6.17. The van der Waals surface area contributed by atoms with E-state index >= 15 is 0 Å². The Kier molecular flexibility index (Phi) is 10.6. The molecule has 1 aliphatic carbocycles. The van der Waals surface area contributed by atoms with Crippen molar-refractivity contribution in [2.24, 2.45) is 4.99 Å². The van der Waals surface area contributed by atoms with Crippen LogP contribution in [0.25, 0.3) is 0 Å². The van der Waals surface area contributed by atoms with Gasteiger partial charge in [0, 0.05) is 39.2 Å². The fourth-order valence-corrected chi connectivity index (χ4v) is 3.08. The van der Waals surface area contributed by atoms with E-state index in [1.807, 2.05) is 0 Å². The van der Waals surface area contributed by atoms with Gasteiger partial charge in [0.05, 0.1) is 6.10 Å². The van der Waals surface area contributed by atoms with Gasteiger partial charge >= 0.3 is 0 Å². The van der Waals surface area contributed by atoms with Gasteiger partial charge in [-0.2, -0.15) is 0 Å². The van der Waals surface area contributed by atoms with Crippen LogP contribution in [-0.4, -0.2) is 50.8 Å². The van der Waals surface area contributed by atoms with E-state index in [4.69, 9.17) is 4.74 Å². The van der Waals surface area contributed by atoms with Crippen LogP contribution < -0.4 is 16.0 Å². The molecule has 0 aromatic carbocycles. The van der Waals surface area contributed by atoms with Crippen LogP contribution >= 0.6 is 24.0 Å². The molecule has 7 heteroatoms. The fourth-order valence-electron chi connectivity index (χ4n) is 3.08. The molecular weight excluding hydrogens is 407 g/mol. The highest BCUT2D eigenvalue weighted by atomic mass is 127. The lowest BCUT2D eigenvalue weighted by Gasteiger charge is -2.22. The van der Waals surface area contributed by atoms with Crippen molar-refractivity contribution < 1.29 is 9.53 Å². The third-order valence-electron chi connectivity index (χ3n) is 4.36. The molecule has 3 N–H and O–H groups in total. The highest BCUT2D eigenvalue weighted by Crippen LogP contribution is 2.17. The number of halogens is 1. The second kappa shape index (κ2) is 11.9. The summed E-state index contributed by atoms with van der Waals surface area (Å²) in [4.78, 5) is 16.1. The van der Waals surface area contributed by atoms with Crippen molar-refractivity contribution in [3.63, 3.8) is 0 Å². The van der Waals surface area contributed by atoms with Crippen LogP contribution in [0.3, 0.4) is 0 Å². The van der Waals surface area contributed by atoms with Crippen molar-refractivity contribution in [2.45, 2.75) is 63.5 Å². The maximum Gasteiger partial charge on any atom is 0.221 e. The number of nitrogens with zero attached hydrogens (tertiary/aromatic N) is 1. The maximum absolute atomic E-state index is 11.9. The van der Waals surface area contributed by atoms with Crippen molar-refractivity contribution >= 4 is 35.8 Å². The summed E-state index contributed by atoms with van der Waals surface area (Å²) in [6, 6.07) is 0.387. The molecule has 1 aliphatic heterocycles. The summed E-state index contributed by atoms with van der Waals surface area (Å²) in [6.07, 6.45) is 9.05. The summed E-state index contributed by atoms with van der Waals surface area (Å²) in [5.74, 6) is 0.870. The standard InChI is InChI=1S/C16H30N4O2.HI/c1-17-16(19-12-14-8-5-11-22-14)18-10-9-15(21)20-13-6-3-2-4-7-13;/h13-14H,2-12H2,1H3,(H,20,21)(H2,17,18,19);1H. The number of hydrogen-bond donors (Lipinski definition) is 3. The third-order valence-corrected chi connectivity index (χ3v) is 4.36. The van der Waals surface area contributed by atoms with Gasteiger partial charge in [0.2, 0.25) is 5.91 Å². The molecule has 2 rings (SSSR count). The number of hydrogen-bond acceptors (Lipinski definition) is 3. The normalized spacial score (nSPS) is 22.3. The summed E-state index contributed by atoms with van der Waals surface area (Å²) in [6.45, 7) is 2.23. The Balaban J connectivity index is 0.00000264. The van der Waals surface area contributed by atoms with Crippen molar-refractivity contribution in [1.82, 2.24) is 16.0 Å². The van der Waals surface area contributed by atoms with Crippen molar-refractivity contribution in [1.29, 1.82) is 0 Å². The lowest BCUT2D eigenvalue weighted by molar-refractivity contribution is -0.121. The van der Waals surface area contributed by atoms with Crippen LogP contribution in [0.1, 0.15) is 51.4 Å². The van der Waals surface area contributed by atoms with Crippen LogP contribution in [0.2, 0.25) is 0 Å². The number of carbonyl (C=O) groups is 1. The molecule has 0 bridgehead atoms. The fraction of sp³-hybridized carbons (Fsp3) is 0.875. The summed E-state index contributed by atoms with van der Waals surface area (Å²) in [5.41, 5.74) is 0. The average Bonchev–Trinajstić information content (AvgIpc) is 3.05. The van der Waals surface area contributed by atoms with Gasteiger partial charge < -0.3 is 20.7 Å². The number of rotatable bonds is 6. The Morgan fingerprint density at radius 2 is 1.91 bits per heavy atom. The Bertz CT molecular complexity index is 367. The number of nitrogens with one attached hydrogen (secondary N) is 3. The Morgan fingerprint density at radius 1 is 1.13 bits per heavy atom. The number of aliphatic imine (C=N–C) groups is 1. The zero-order chi connectivity index (χ0) is 15.6. The molecule has 0 aromatic heterocycles. The van der Waals surface area contributed by atoms with Gasteiger partial charge in [0.15, 0.2) is 5.96 Å². The monoisotopic (exact) mass is 438 g/mol. The second-order valence-corrected chi connectivity index (χ2v) is 6.17. The molecule has 23 heavy (non-hydrogen) atoms. The molecule has 0 spiro atoms. The van der Waals surface area contributed by atoms with Gasteiger partial charge in [-0.15, -0.1) is 24.0 Å². The van der Waals surface area contributed by atoms with E-state index in [0.717, 1.165) is 44.8 Å². The first-order chi connectivity index (χ1) is 10.8. The number of amides is 1. The first kappa shape index (κ1) is 20.5. The molecule has 0 aromatic rings. The molecule has 2 fully saturated rings. The molecule has 1 amide bonds. The van der Waals surface area contributed by atoms with Gasteiger partial charge in [0.25, 0.3) is 0 Å². The topological polar surface area (TPSA) is 74.8 Å². The highest BCUT2D eigenvalue weighted by Gasteiger charge is 2.16. The van der Waals surface area contributed by atoms with Gasteiger partial charge in [-0.3, -0.25) is 9.79 Å². The molecule has 1 saturated carbocycles. The number of guanidine groups is 1. The Hall–Kier alpha value is -0.570. The van der Waals surface area contributed by atoms with Gasteiger partial charge in [-0.25, -0.2) is 0 Å². The van der Waals surface area contributed by atoms with E-state index in [1.165, 1.54) is 19.3 Å². The minimum Gasteiger partial charge on any atom is -0.376 e. The number of carbonyl (C=O) groups excluding carboxylic acids is 1. The predicted molar refractivity (Wildman–Crippen MR) is 103 cm³/mol. The summed E-state index contributed by atoms with van der Waals surface area (Å²) >= 11 is 0. The Labute approximate surface area is 156 Å². The molecule has 0 radical (unpaired) electrons. The van der Waals surface area contributed by atoms with E-state index in [-0.39, 0.29) is 36.0 Å². The van der Waals surface area contributed by atoms with Gasteiger partial charge in [-0.1, -0.05) is 19.3 Å². The van der Waals surface area contributed by atoms with E-state index in [9.17, 15) is 4.79 Å². The van der Waals surface area contributed by atoms with Gasteiger partial charge in [-0.05, 0) is 25.7 Å². The smallest absolute Gasteiger partial charge is 0.221 e. The van der Waals surface area contributed by atoms with E-state index in [1.54, 1.807) is 7.05 Å². The molecule has 134 valence electrons. The van der Waals surface area contributed by atoms with E-state index < -0.39 is 0 Å². The largest absolute Gasteiger partial charge is 0.376 e. The van der Waals surface area contributed by atoms with E-state index in [2.05, 4.69) is 20.9 Å². The zero-order valence-corrected chi connectivity index (χ0v) is 16.4. The highest BCUT2D eigenvalue weighted by molar-refractivity contribution is 14.0. The maximum atomic E-state index is 11.9. The molecule has 1 unspecified atom stereocenters. The predicted octanol–water partition coefficient (Wildman–Crippen LogP) is 1.79. The van der Waals surface area contributed by atoms with Crippen LogP contribution in [0, 0.1) is 0 Å². The quantitative estimate of drug-likeness (QED) is 0.336. The molecular formula is C16H31IN4O2. The van der Waals surface area contributed by atoms with Crippen molar-refractivity contribution in [3.8, 4) is 0 Å². The molecule has 6 nitrogen and oxygen atoms in total. The van der Waals surface area contributed by atoms with Gasteiger partial charge in [0.1, 0.15) is 0 Å². The van der Waals surface area contributed by atoms with Crippen LogP contribution in [0.4, 0.5) is 0 Å². The van der Waals surface area contributed by atoms with Crippen LogP contribution in [0.15, 0.2) is 4.99 Å².